The van der Waals surface area contributed by atoms with Crippen LogP contribution in [0.4, 0.5) is 20.8 Å². The van der Waals surface area contributed by atoms with Crippen molar-refractivity contribution in [3.63, 3.8) is 0 Å². The molecular formula is C31H33FN6O6S. The number of rotatable bonds is 9. The molecule has 0 bridgehead atoms. The minimum Gasteiger partial charge on any atom is -0.465 e. The van der Waals surface area contributed by atoms with Gasteiger partial charge in [-0.05, 0) is 68.5 Å². The Morgan fingerprint density at radius 2 is 1.96 bits per heavy atom. The maximum absolute atomic E-state index is 15.1. The molecule has 0 radical (unpaired) electrons. The quantitative estimate of drug-likeness (QED) is 0.217. The number of halogens is 1. The standard InChI is InChI=1S/C31H33FN6O6S/c1-19-8-9-22-23(10-11-25(32)27(22)37-45(41,42)18-21-6-4-16-43-21)28(19)44-29-24(7-2-13-33-29)26-12-14-34-30(36-26)35-20-5-3-15-38(17-20)31(39)40/h2,7-14,20-21,37H,3-6,15-18H2,1H3,(H,39,40)(H,34,35,36). The third-order valence-electron chi connectivity index (χ3n) is 7.91. The SMILES string of the molecule is Cc1ccc2c(NS(=O)(=O)CC3CCCO3)c(F)ccc2c1Oc1ncccc1-c1ccnc(NC2CCCN(C(=O)O)C2)n1. The van der Waals surface area contributed by atoms with Crippen molar-refractivity contribution >= 4 is 38.5 Å². The average molecular weight is 637 g/mol. The molecule has 6 rings (SSSR count). The van der Waals surface area contributed by atoms with Crippen LogP contribution in [0.25, 0.3) is 22.0 Å². The van der Waals surface area contributed by atoms with Crippen molar-refractivity contribution in [3.05, 3.63) is 66.2 Å². The van der Waals surface area contributed by atoms with Crippen LogP contribution in [0.3, 0.4) is 0 Å². The third-order valence-corrected chi connectivity index (χ3v) is 9.24. The Morgan fingerprint density at radius 3 is 2.76 bits per heavy atom. The van der Waals surface area contributed by atoms with Crippen LogP contribution in [0.2, 0.25) is 0 Å². The van der Waals surface area contributed by atoms with Crippen LogP contribution >= 0.6 is 0 Å². The van der Waals surface area contributed by atoms with Gasteiger partial charge in [-0.15, -0.1) is 0 Å². The van der Waals surface area contributed by atoms with Gasteiger partial charge >= 0.3 is 6.09 Å². The highest BCUT2D eigenvalue weighted by molar-refractivity contribution is 7.92. The summed E-state index contributed by atoms with van der Waals surface area (Å²) in [6.07, 6.45) is 4.73. The van der Waals surface area contributed by atoms with Gasteiger partial charge in [-0.1, -0.05) is 12.1 Å². The lowest BCUT2D eigenvalue weighted by atomic mass is 10.0. The molecule has 14 heteroatoms. The second-order valence-corrected chi connectivity index (χ2v) is 13.0. The number of fused-ring (bicyclic) bond motifs is 1. The van der Waals surface area contributed by atoms with Gasteiger partial charge in [0.15, 0.2) is 0 Å². The lowest BCUT2D eigenvalue weighted by Gasteiger charge is -2.31. The summed E-state index contributed by atoms with van der Waals surface area (Å²) in [5.74, 6) is -0.00913. The number of hydrogen-bond acceptors (Lipinski definition) is 9. The van der Waals surface area contributed by atoms with Crippen LogP contribution in [-0.2, 0) is 14.8 Å². The minimum absolute atomic E-state index is 0.134. The number of carboxylic acid groups (broad SMARTS) is 1. The number of ether oxygens (including phenoxy) is 2. The van der Waals surface area contributed by atoms with Gasteiger partial charge in [0.25, 0.3) is 0 Å². The van der Waals surface area contributed by atoms with Crippen molar-refractivity contribution in [1.29, 1.82) is 0 Å². The molecule has 1 amide bonds. The molecule has 0 aliphatic carbocycles. The molecule has 4 aromatic rings. The second kappa shape index (κ2) is 12.8. The maximum atomic E-state index is 15.1. The Hall–Kier alpha value is -4.56. The van der Waals surface area contributed by atoms with Crippen LogP contribution in [0.5, 0.6) is 11.6 Å². The minimum atomic E-state index is -3.90. The number of pyridine rings is 1. The van der Waals surface area contributed by atoms with Gasteiger partial charge in [0, 0.05) is 48.9 Å². The van der Waals surface area contributed by atoms with E-state index in [0.717, 1.165) is 24.8 Å². The van der Waals surface area contributed by atoms with Crippen LogP contribution in [0.1, 0.15) is 31.2 Å². The molecule has 2 aliphatic heterocycles. The lowest BCUT2D eigenvalue weighted by Crippen LogP contribution is -2.44. The largest absolute Gasteiger partial charge is 0.465 e. The van der Waals surface area contributed by atoms with Gasteiger partial charge < -0.3 is 24.8 Å². The molecule has 4 heterocycles. The molecule has 2 saturated heterocycles. The number of carbonyl (C=O) groups is 1. The fourth-order valence-electron chi connectivity index (χ4n) is 5.71. The van der Waals surface area contributed by atoms with Crippen molar-refractivity contribution in [2.24, 2.45) is 0 Å². The Kier molecular flexibility index (Phi) is 8.67. The highest BCUT2D eigenvalue weighted by atomic mass is 32.2. The van der Waals surface area contributed by atoms with E-state index in [4.69, 9.17) is 9.47 Å². The van der Waals surface area contributed by atoms with Gasteiger partial charge in [0.05, 0.1) is 28.8 Å². The summed E-state index contributed by atoms with van der Waals surface area (Å²) in [5.41, 5.74) is 1.65. The summed E-state index contributed by atoms with van der Waals surface area (Å²) in [7, 11) is -3.90. The molecule has 45 heavy (non-hydrogen) atoms. The number of nitrogens with one attached hydrogen (secondary N) is 2. The Bertz CT molecular complexity index is 1840. The first-order valence-electron chi connectivity index (χ1n) is 14.7. The number of amides is 1. The predicted molar refractivity (Wildman–Crippen MR) is 167 cm³/mol. The van der Waals surface area contributed by atoms with Crippen molar-refractivity contribution in [2.45, 2.75) is 44.8 Å². The first-order chi connectivity index (χ1) is 21.7. The van der Waals surface area contributed by atoms with Gasteiger partial charge in [-0.3, -0.25) is 4.72 Å². The molecule has 0 spiro atoms. The van der Waals surface area contributed by atoms with E-state index in [0.29, 0.717) is 59.8 Å². The summed E-state index contributed by atoms with van der Waals surface area (Å²) in [6.45, 7) is 3.17. The first-order valence-corrected chi connectivity index (χ1v) is 16.4. The molecule has 236 valence electrons. The van der Waals surface area contributed by atoms with Crippen molar-refractivity contribution < 1.29 is 32.2 Å². The zero-order chi connectivity index (χ0) is 31.6. The Balaban J connectivity index is 1.29. The first kappa shape index (κ1) is 30.5. The van der Waals surface area contributed by atoms with Gasteiger partial charge in [-0.25, -0.2) is 32.6 Å². The molecule has 2 aromatic carbocycles. The van der Waals surface area contributed by atoms with E-state index in [-0.39, 0.29) is 23.4 Å². The fraction of sp³-hybridized carbons (Fsp3) is 0.355. The van der Waals surface area contributed by atoms with Gasteiger partial charge in [0.1, 0.15) is 11.6 Å². The topological polar surface area (TPSA) is 156 Å². The van der Waals surface area contributed by atoms with Crippen LogP contribution < -0.4 is 14.8 Å². The predicted octanol–water partition coefficient (Wildman–Crippen LogP) is 5.41. The summed E-state index contributed by atoms with van der Waals surface area (Å²) >= 11 is 0. The number of nitrogens with zero attached hydrogens (tertiary/aromatic N) is 4. The number of hydrogen-bond donors (Lipinski definition) is 3. The lowest BCUT2D eigenvalue weighted by molar-refractivity contribution is 0.127. The summed E-state index contributed by atoms with van der Waals surface area (Å²) in [5, 5.41) is 13.4. The molecule has 12 nitrogen and oxygen atoms in total. The molecule has 2 aliphatic rings. The number of anilines is 2. The third kappa shape index (κ3) is 6.91. The summed E-state index contributed by atoms with van der Waals surface area (Å²) in [6, 6.07) is 11.3. The molecule has 2 unspecified atom stereocenters. The summed E-state index contributed by atoms with van der Waals surface area (Å²) < 4.78 is 55.3. The molecule has 0 saturated carbocycles. The number of piperidine rings is 1. The highest BCUT2D eigenvalue weighted by Crippen LogP contribution is 2.40. The van der Waals surface area contributed by atoms with E-state index in [2.05, 4.69) is 25.0 Å². The number of aromatic nitrogens is 3. The van der Waals surface area contributed by atoms with Crippen molar-refractivity contribution in [2.75, 3.05) is 35.5 Å². The van der Waals surface area contributed by atoms with E-state index in [1.54, 1.807) is 48.8 Å². The number of aryl methyl sites for hydroxylation is 1. The van der Waals surface area contributed by atoms with E-state index in [1.807, 2.05) is 6.92 Å². The molecule has 3 N–H and O–H groups in total. The molecule has 2 fully saturated rings. The summed E-state index contributed by atoms with van der Waals surface area (Å²) in [4.78, 5) is 26.2. The van der Waals surface area contributed by atoms with E-state index in [1.165, 1.54) is 11.0 Å². The monoisotopic (exact) mass is 636 g/mol. The van der Waals surface area contributed by atoms with E-state index < -0.39 is 28.0 Å². The second-order valence-electron chi connectivity index (χ2n) is 11.2. The van der Waals surface area contributed by atoms with E-state index >= 15 is 4.39 Å². The van der Waals surface area contributed by atoms with Crippen LogP contribution in [0.15, 0.2) is 54.9 Å². The molecular weight excluding hydrogens is 603 g/mol. The Labute approximate surface area is 259 Å². The zero-order valence-electron chi connectivity index (χ0n) is 24.6. The zero-order valence-corrected chi connectivity index (χ0v) is 25.4. The normalized spacial score (nSPS) is 18.6. The van der Waals surface area contributed by atoms with Crippen LogP contribution in [0, 0.1) is 12.7 Å². The molecule has 2 aromatic heterocycles. The van der Waals surface area contributed by atoms with Crippen LogP contribution in [-0.4, -0.2) is 77.1 Å². The average Bonchev–Trinajstić information content (AvgIpc) is 3.52. The highest BCUT2D eigenvalue weighted by Gasteiger charge is 2.26. The number of sulfonamides is 1. The number of likely N-dealkylation sites (tertiary alicyclic amines) is 1. The fourth-order valence-corrected chi connectivity index (χ4v) is 7.06. The Morgan fingerprint density at radius 1 is 1.11 bits per heavy atom. The number of benzene rings is 2. The molecule has 2 atom stereocenters. The van der Waals surface area contributed by atoms with E-state index in [9.17, 15) is 18.3 Å². The van der Waals surface area contributed by atoms with Gasteiger partial charge in [-0.2, -0.15) is 0 Å². The smallest absolute Gasteiger partial charge is 0.407 e. The van der Waals surface area contributed by atoms with Gasteiger partial charge in [0.2, 0.25) is 21.9 Å². The van der Waals surface area contributed by atoms with Crippen molar-refractivity contribution in [1.82, 2.24) is 19.9 Å². The maximum Gasteiger partial charge on any atom is 0.407 e. The van der Waals surface area contributed by atoms with Crippen molar-refractivity contribution in [3.8, 4) is 22.9 Å².